The topological polar surface area (TPSA) is 78.9 Å². The van der Waals surface area contributed by atoms with Crippen LogP contribution in [0.1, 0.15) is 401 Å². The molecular formula is C70H136O6. The highest BCUT2D eigenvalue weighted by Gasteiger charge is 2.20. The lowest BCUT2D eigenvalue weighted by atomic mass is 10.0. The predicted molar refractivity (Wildman–Crippen MR) is 330 cm³/mol. The third kappa shape index (κ3) is 63.2. The highest BCUT2D eigenvalue weighted by Crippen LogP contribution is 2.20. The molecule has 1 atom stereocenters. The molecule has 6 nitrogen and oxygen atoms in total. The van der Waals surface area contributed by atoms with E-state index in [1.165, 1.54) is 289 Å². The van der Waals surface area contributed by atoms with Crippen LogP contribution < -0.4 is 0 Å². The molecule has 0 fully saturated rings. The van der Waals surface area contributed by atoms with Gasteiger partial charge < -0.3 is 14.2 Å². The van der Waals surface area contributed by atoms with Crippen LogP contribution in [0.15, 0.2) is 0 Å². The average Bonchev–Trinajstić information content (AvgIpc) is 3.40. The molecule has 0 heterocycles. The van der Waals surface area contributed by atoms with Crippen molar-refractivity contribution in [3.63, 3.8) is 0 Å². The highest BCUT2D eigenvalue weighted by molar-refractivity contribution is 5.71. The van der Waals surface area contributed by atoms with Crippen molar-refractivity contribution in [1.82, 2.24) is 0 Å². The molecule has 0 unspecified atom stereocenters. The first-order valence-corrected chi connectivity index (χ1v) is 34.7. The first-order valence-electron chi connectivity index (χ1n) is 34.7. The van der Waals surface area contributed by atoms with Crippen LogP contribution in [0.25, 0.3) is 0 Å². The molecule has 0 spiro atoms. The van der Waals surface area contributed by atoms with Gasteiger partial charge in [0.05, 0.1) is 0 Å². The molecule has 0 saturated carbocycles. The summed E-state index contributed by atoms with van der Waals surface area (Å²) in [6, 6.07) is 0. The van der Waals surface area contributed by atoms with Gasteiger partial charge in [0.1, 0.15) is 13.2 Å². The molecule has 0 aromatic rings. The molecule has 0 bridgehead atoms. The smallest absolute Gasteiger partial charge is 0.306 e. The molecule has 0 amide bonds. The molecule has 0 saturated heterocycles. The Morgan fingerprint density at radius 1 is 0.250 bits per heavy atom. The summed E-state index contributed by atoms with van der Waals surface area (Å²) in [6.45, 7) is 11.5. The maximum Gasteiger partial charge on any atom is 0.306 e. The van der Waals surface area contributed by atoms with E-state index >= 15 is 0 Å². The summed E-state index contributed by atoms with van der Waals surface area (Å²) >= 11 is 0. The van der Waals surface area contributed by atoms with Gasteiger partial charge in [-0.25, -0.2) is 0 Å². The fraction of sp³-hybridized carbons (Fsp3) is 0.957. The van der Waals surface area contributed by atoms with E-state index in [1.807, 2.05) is 0 Å². The van der Waals surface area contributed by atoms with Crippen molar-refractivity contribution in [1.29, 1.82) is 0 Å². The zero-order valence-corrected chi connectivity index (χ0v) is 52.4. The summed E-state index contributed by atoms with van der Waals surface area (Å²) in [7, 11) is 0. The zero-order chi connectivity index (χ0) is 55.3. The van der Waals surface area contributed by atoms with E-state index in [-0.39, 0.29) is 31.1 Å². The quantitative estimate of drug-likeness (QED) is 0.0343. The van der Waals surface area contributed by atoms with Crippen molar-refractivity contribution >= 4 is 17.9 Å². The molecule has 0 rings (SSSR count). The van der Waals surface area contributed by atoms with Gasteiger partial charge in [-0.3, -0.25) is 14.4 Å². The third-order valence-corrected chi connectivity index (χ3v) is 16.2. The Kier molecular flexibility index (Phi) is 61.3. The van der Waals surface area contributed by atoms with Crippen LogP contribution in [-0.2, 0) is 28.6 Å². The molecular weight excluding hydrogens is 937 g/mol. The van der Waals surface area contributed by atoms with E-state index in [0.717, 1.165) is 69.6 Å². The second kappa shape index (κ2) is 62.6. The van der Waals surface area contributed by atoms with E-state index in [0.29, 0.717) is 19.3 Å². The largest absolute Gasteiger partial charge is 0.462 e. The summed E-state index contributed by atoms with van der Waals surface area (Å²) < 4.78 is 17.0. The second-order valence-electron chi connectivity index (χ2n) is 25.1. The second-order valence-corrected chi connectivity index (χ2v) is 25.1. The summed E-state index contributed by atoms with van der Waals surface area (Å²) in [5.74, 6) is 0.882. The van der Waals surface area contributed by atoms with E-state index < -0.39 is 6.10 Å². The van der Waals surface area contributed by atoms with Crippen LogP contribution in [0.5, 0.6) is 0 Å². The van der Waals surface area contributed by atoms with Gasteiger partial charge in [0.25, 0.3) is 0 Å². The maximum absolute atomic E-state index is 12.9. The fourth-order valence-electron chi connectivity index (χ4n) is 11.0. The van der Waals surface area contributed by atoms with Crippen molar-refractivity contribution in [2.45, 2.75) is 407 Å². The molecule has 0 aromatic heterocycles. The lowest BCUT2D eigenvalue weighted by Crippen LogP contribution is -2.30. The van der Waals surface area contributed by atoms with Gasteiger partial charge in [-0.15, -0.1) is 0 Å². The number of hydrogen-bond acceptors (Lipinski definition) is 6. The van der Waals surface area contributed by atoms with Crippen LogP contribution in [0.2, 0.25) is 0 Å². The van der Waals surface area contributed by atoms with Gasteiger partial charge in [-0.05, 0) is 31.1 Å². The van der Waals surface area contributed by atoms with E-state index in [9.17, 15) is 14.4 Å². The molecule has 76 heavy (non-hydrogen) atoms. The number of esters is 3. The van der Waals surface area contributed by atoms with Gasteiger partial charge in [0.15, 0.2) is 6.10 Å². The van der Waals surface area contributed by atoms with Gasteiger partial charge in [0, 0.05) is 19.3 Å². The number of ether oxygens (including phenoxy) is 3. The van der Waals surface area contributed by atoms with Crippen molar-refractivity contribution in [2.24, 2.45) is 11.8 Å². The number of unbranched alkanes of at least 4 members (excludes halogenated alkanes) is 49. The molecule has 6 heteroatoms. The average molecular weight is 1070 g/mol. The first kappa shape index (κ1) is 74.4. The summed E-state index contributed by atoms with van der Waals surface area (Å²) in [4.78, 5) is 38.4. The summed E-state index contributed by atoms with van der Waals surface area (Å²) in [5, 5.41) is 0. The van der Waals surface area contributed by atoms with Gasteiger partial charge in [-0.1, -0.05) is 362 Å². The first-order chi connectivity index (χ1) is 37.2. The molecule has 0 aliphatic heterocycles. The van der Waals surface area contributed by atoms with Crippen molar-refractivity contribution in [3.8, 4) is 0 Å². The van der Waals surface area contributed by atoms with Gasteiger partial charge >= 0.3 is 17.9 Å². The lowest BCUT2D eigenvalue weighted by molar-refractivity contribution is -0.167. The monoisotopic (exact) mass is 1070 g/mol. The SMILES string of the molecule is CCCCCCCCCCCCCCCCCCCCCC(=O)OC[C@@H](COC(=O)CCCCCCCCCCCCCCCCCCCCC(C)C)OC(=O)CCCCCCCCCCCCCCCCCC(C)C. The number of carbonyl (C=O) groups excluding carboxylic acids is 3. The summed E-state index contributed by atoms with van der Waals surface area (Å²) in [5.41, 5.74) is 0. The standard InChI is InChI=1S/C70H136O6/c1-6-7-8-9-10-11-12-13-14-15-16-20-25-30-35-40-45-50-55-60-68(71)74-63-67(76-70(73)62-57-52-47-42-37-32-27-22-24-29-34-39-44-49-54-59-66(4)5)64-75-69(72)61-56-51-46-41-36-31-26-21-18-17-19-23-28-33-38-43-48-53-58-65(2)3/h65-67H,6-64H2,1-5H3/t67-/m0/s1. The molecule has 0 aliphatic rings. The minimum absolute atomic E-state index is 0.0612. The molecule has 452 valence electrons. The van der Waals surface area contributed by atoms with Crippen molar-refractivity contribution in [3.05, 3.63) is 0 Å². The van der Waals surface area contributed by atoms with Crippen LogP contribution in [0.4, 0.5) is 0 Å². The van der Waals surface area contributed by atoms with Gasteiger partial charge in [0.2, 0.25) is 0 Å². The lowest BCUT2D eigenvalue weighted by Gasteiger charge is -2.18. The van der Waals surface area contributed by atoms with Crippen molar-refractivity contribution in [2.75, 3.05) is 13.2 Å². The molecule has 0 N–H and O–H groups in total. The zero-order valence-electron chi connectivity index (χ0n) is 52.4. The Hall–Kier alpha value is -1.59. The minimum Gasteiger partial charge on any atom is -0.462 e. The van der Waals surface area contributed by atoms with E-state index in [4.69, 9.17) is 14.2 Å². The Labute approximate surface area is 476 Å². The van der Waals surface area contributed by atoms with Crippen LogP contribution >= 0.6 is 0 Å². The van der Waals surface area contributed by atoms with Crippen molar-refractivity contribution < 1.29 is 28.6 Å². The predicted octanol–water partition coefficient (Wildman–Crippen LogP) is 23.6. The Balaban J connectivity index is 4.27. The highest BCUT2D eigenvalue weighted by atomic mass is 16.6. The minimum atomic E-state index is -0.764. The number of hydrogen-bond donors (Lipinski definition) is 0. The van der Waals surface area contributed by atoms with Crippen LogP contribution in [-0.4, -0.2) is 37.2 Å². The molecule has 0 aromatic carbocycles. The molecule has 0 aliphatic carbocycles. The number of rotatable bonds is 64. The maximum atomic E-state index is 12.9. The van der Waals surface area contributed by atoms with Gasteiger partial charge in [-0.2, -0.15) is 0 Å². The van der Waals surface area contributed by atoms with E-state index in [1.54, 1.807) is 0 Å². The van der Waals surface area contributed by atoms with E-state index in [2.05, 4.69) is 34.6 Å². The fourth-order valence-corrected chi connectivity index (χ4v) is 11.0. The van der Waals surface area contributed by atoms with Crippen LogP contribution in [0.3, 0.4) is 0 Å². The Morgan fingerprint density at radius 3 is 0.645 bits per heavy atom. The third-order valence-electron chi connectivity index (χ3n) is 16.2. The Bertz CT molecular complexity index is 1170. The normalized spacial score (nSPS) is 12.0. The Morgan fingerprint density at radius 2 is 0.434 bits per heavy atom. The molecule has 0 radical (unpaired) electrons. The number of carbonyl (C=O) groups is 3. The van der Waals surface area contributed by atoms with Crippen LogP contribution in [0, 0.1) is 11.8 Å². The summed E-state index contributed by atoms with van der Waals surface area (Å²) in [6.07, 6.45) is 71.2.